The summed E-state index contributed by atoms with van der Waals surface area (Å²) < 4.78 is 41.3. The summed E-state index contributed by atoms with van der Waals surface area (Å²) in [6.07, 6.45) is 2.86. The van der Waals surface area contributed by atoms with Crippen molar-refractivity contribution in [2.45, 2.75) is 44.1 Å². The van der Waals surface area contributed by atoms with Gasteiger partial charge in [0, 0.05) is 36.6 Å². The van der Waals surface area contributed by atoms with Gasteiger partial charge in [0.05, 0.1) is 0 Å². The van der Waals surface area contributed by atoms with E-state index in [1.54, 1.807) is 6.07 Å². The van der Waals surface area contributed by atoms with Gasteiger partial charge in [-0.25, -0.2) is 13.2 Å². The lowest BCUT2D eigenvalue weighted by Crippen LogP contribution is -2.56. The summed E-state index contributed by atoms with van der Waals surface area (Å²) in [5, 5.41) is 0. The third-order valence-corrected chi connectivity index (χ3v) is 6.17. The number of nitrogens with zero attached hydrogens (tertiary/aromatic N) is 1. The number of hydrogen-bond donors (Lipinski definition) is 0. The van der Waals surface area contributed by atoms with Crippen molar-refractivity contribution in [1.29, 1.82) is 0 Å². The first-order chi connectivity index (χ1) is 12.3. The molecule has 0 saturated carbocycles. The van der Waals surface area contributed by atoms with E-state index in [0.717, 1.165) is 36.5 Å². The second kappa shape index (κ2) is 5.86. The fraction of sp³-hybridized carbons (Fsp3) is 0.381. The van der Waals surface area contributed by atoms with Crippen LogP contribution in [0.5, 0.6) is 0 Å². The minimum Gasteiger partial charge on any atom is -0.342 e. The molecule has 1 aliphatic heterocycles. The molecule has 0 radical (unpaired) electrons. The maximum atomic E-state index is 14.2. The van der Waals surface area contributed by atoms with Crippen LogP contribution in [0.2, 0.25) is 0 Å². The molecular formula is C21H20F3NO. The molecule has 136 valence electrons. The summed E-state index contributed by atoms with van der Waals surface area (Å²) >= 11 is 0. The number of amides is 1. The van der Waals surface area contributed by atoms with Crippen LogP contribution >= 0.6 is 0 Å². The van der Waals surface area contributed by atoms with Crippen molar-refractivity contribution in [1.82, 2.24) is 4.90 Å². The number of likely N-dealkylation sites (tertiary alicyclic amines) is 1. The Hall–Kier alpha value is -2.30. The average Bonchev–Trinajstić information content (AvgIpc) is 2.61. The van der Waals surface area contributed by atoms with Gasteiger partial charge in [0.2, 0.25) is 5.91 Å². The van der Waals surface area contributed by atoms with E-state index in [1.165, 1.54) is 0 Å². The molecule has 1 heterocycles. The number of halogens is 3. The van der Waals surface area contributed by atoms with E-state index >= 15 is 0 Å². The summed E-state index contributed by atoms with van der Waals surface area (Å²) in [6.45, 7) is 2.17. The van der Waals surface area contributed by atoms with Crippen LogP contribution in [0.4, 0.5) is 13.2 Å². The van der Waals surface area contributed by atoms with Crippen molar-refractivity contribution in [2.75, 3.05) is 7.05 Å². The normalized spacial score (nSPS) is 25.0. The quantitative estimate of drug-likeness (QED) is 0.682. The van der Waals surface area contributed by atoms with Gasteiger partial charge < -0.3 is 4.90 Å². The number of carbonyl (C=O) groups excluding carboxylic acids is 1. The molecule has 1 aliphatic carbocycles. The van der Waals surface area contributed by atoms with Crippen LogP contribution in [0.1, 0.15) is 37.3 Å². The first-order valence-electron chi connectivity index (χ1n) is 8.85. The molecule has 1 unspecified atom stereocenters. The van der Waals surface area contributed by atoms with Crippen LogP contribution in [-0.4, -0.2) is 23.9 Å². The number of piperidine rings is 1. The smallest absolute Gasteiger partial charge is 0.222 e. The zero-order chi connectivity index (χ0) is 18.6. The monoisotopic (exact) mass is 359 g/mol. The maximum absolute atomic E-state index is 14.2. The molecule has 2 aliphatic rings. The van der Waals surface area contributed by atoms with Gasteiger partial charge in [-0.1, -0.05) is 25.1 Å². The van der Waals surface area contributed by atoms with Crippen molar-refractivity contribution in [3.63, 3.8) is 0 Å². The van der Waals surface area contributed by atoms with Crippen LogP contribution < -0.4 is 0 Å². The highest BCUT2D eigenvalue weighted by Crippen LogP contribution is 2.46. The lowest BCUT2D eigenvalue weighted by molar-refractivity contribution is -0.138. The molecule has 0 N–H and O–H groups in total. The van der Waals surface area contributed by atoms with Crippen molar-refractivity contribution in [2.24, 2.45) is 0 Å². The summed E-state index contributed by atoms with van der Waals surface area (Å²) in [5.74, 6) is -2.84. The second-order valence-electron chi connectivity index (χ2n) is 7.60. The molecule has 4 rings (SSSR count). The Morgan fingerprint density at radius 2 is 1.88 bits per heavy atom. The Labute approximate surface area is 150 Å². The van der Waals surface area contributed by atoms with E-state index in [9.17, 15) is 18.0 Å². The Morgan fingerprint density at radius 1 is 1.12 bits per heavy atom. The van der Waals surface area contributed by atoms with E-state index in [1.807, 2.05) is 24.1 Å². The van der Waals surface area contributed by atoms with Crippen LogP contribution in [0, 0.1) is 17.5 Å². The Morgan fingerprint density at radius 3 is 2.65 bits per heavy atom. The number of aryl methyl sites for hydroxylation is 1. The molecule has 1 saturated heterocycles. The zero-order valence-corrected chi connectivity index (χ0v) is 14.8. The lowest BCUT2D eigenvalue weighted by atomic mass is 9.63. The van der Waals surface area contributed by atoms with E-state index in [2.05, 4.69) is 6.92 Å². The Balaban J connectivity index is 1.80. The molecule has 0 aromatic heterocycles. The number of hydrogen-bond acceptors (Lipinski definition) is 1. The van der Waals surface area contributed by atoms with Gasteiger partial charge in [0.15, 0.2) is 11.6 Å². The average molecular weight is 359 g/mol. The first kappa shape index (κ1) is 17.1. The van der Waals surface area contributed by atoms with Gasteiger partial charge >= 0.3 is 0 Å². The highest BCUT2D eigenvalue weighted by atomic mass is 19.2. The second-order valence-corrected chi connectivity index (χ2v) is 7.60. The number of carbonyl (C=O) groups is 1. The van der Waals surface area contributed by atoms with E-state index in [0.29, 0.717) is 18.1 Å². The molecule has 2 aromatic carbocycles. The molecule has 0 bridgehead atoms. The van der Waals surface area contributed by atoms with Gasteiger partial charge in [-0.05, 0) is 42.0 Å². The number of rotatable bonds is 1. The van der Waals surface area contributed by atoms with Crippen molar-refractivity contribution in [3.8, 4) is 11.1 Å². The first-order valence-corrected chi connectivity index (χ1v) is 8.85. The van der Waals surface area contributed by atoms with Gasteiger partial charge in [0.25, 0.3) is 0 Å². The summed E-state index contributed by atoms with van der Waals surface area (Å²) in [5.41, 5.74) is 2.47. The number of likely N-dealkylation sites (N-methyl/N-ethyl adjacent to an activating group) is 1. The van der Waals surface area contributed by atoms with Gasteiger partial charge in [-0.3, -0.25) is 4.79 Å². The molecule has 2 nitrogen and oxygen atoms in total. The predicted molar refractivity (Wildman–Crippen MR) is 93.2 cm³/mol. The molecule has 1 fully saturated rings. The predicted octanol–water partition coefficient (Wildman–Crippen LogP) is 4.60. The van der Waals surface area contributed by atoms with E-state index in [-0.39, 0.29) is 22.9 Å². The third-order valence-electron chi connectivity index (χ3n) is 6.17. The highest BCUT2D eigenvalue weighted by Gasteiger charge is 2.46. The highest BCUT2D eigenvalue weighted by molar-refractivity contribution is 5.78. The summed E-state index contributed by atoms with van der Waals surface area (Å²) in [7, 11) is 1.86. The molecule has 1 amide bonds. The molecule has 5 heteroatoms. The van der Waals surface area contributed by atoms with Crippen molar-refractivity contribution >= 4 is 5.91 Å². The zero-order valence-electron chi connectivity index (χ0n) is 14.8. The SMILES string of the molecule is CN1C(=O)CC[C@]2(C)c3ccc(-c4cc(F)cc(F)c4F)cc3CCC12. The summed E-state index contributed by atoms with van der Waals surface area (Å²) in [4.78, 5) is 13.9. The lowest BCUT2D eigenvalue weighted by Gasteiger charge is -2.50. The van der Waals surface area contributed by atoms with Gasteiger partial charge in [-0.15, -0.1) is 0 Å². The standard InChI is InChI=1S/C21H20F3NO/c1-21-8-7-19(26)25(2)18(21)6-4-13-9-12(3-5-16(13)21)15-10-14(22)11-17(23)20(15)24/h3,5,9-11,18H,4,6-8H2,1-2H3/t18?,21-/m1/s1. The topological polar surface area (TPSA) is 20.3 Å². The van der Waals surface area contributed by atoms with Crippen molar-refractivity contribution < 1.29 is 18.0 Å². The Kier molecular flexibility index (Phi) is 3.86. The third kappa shape index (κ3) is 2.44. The fourth-order valence-electron chi connectivity index (χ4n) is 4.72. The molecule has 2 atom stereocenters. The van der Waals surface area contributed by atoms with E-state index < -0.39 is 17.5 Å². The maximum Gasteiger partial charge on any atom is 0.222 e. The van der Waals surface area contributed by atoms with Crippen LogP contribution in [-0.2, 0) is 16.6 Å². The number of fused-ring (bicyclic) bond motifs is 3. The van der Waals surface area contributed by atoms with Crippen molar-refractivity contribution in [3.05, 3.63) is 58.9 Å². The minimum atomic E-state index is -1.18. The minimum absolute atomic E-state index is 0.0616. The summed E-state index contributed by atoms with van der Waals surface area (Å²) in [6, 6.07) is 7.22. The van der Waals surface area contributed by atoms with Gasteiger partial charge in [0.1, 0.15) is 5.82 Å². The fourth-order valence-corrected chi connectivity index (χ4v) is 4.72. The molecule has 0 spiro atoms. The van der Waals surface area contributed by atoms with Crippen LogP contribution in [0.25, 0.3) is 11.1 Å². The number of benzene rings is 2. The molecular weight excluding hydrogens is 339 g/mol. The van der Waals surface area contributed by atoms with E-state index in [4.69, 9.17) is 0 Å². The Bertz CT molecular complexity index is 910. The molecule has 2 aromatic rings. The van der Waals surface area contributed by atoms with Crippen LogP contribution in [0.15, 0.2) is 30.3 Å². The molecule has 26 heavy (non-hydrogen) atoms. The largest absolute Gasteiger partial charge is 0.342 e. The van der Waals surface area contributed by atoms with Crippen LogP contribution in [0.3, 0.4) is 0 Å². The van der Waals surface area contributed by atoms with Gasteiger partial charge in [-0.2, -0.15) is 0 Å².